The summed E-state index contributed by atoms with van der Waals surface area (Å²) in [5, 5.41) is 3.68. The van der Waals surface area contributed by atoms with E-state index in [4.69, 9.17) is 0 Å². The molecule has 0 amide bonds. The van der Waals surface area contributed by atoms with E-state index in [1.807, 2.05) is 0 Å². The largest absolute Gasteiger partial charge is 0.313 e. The molecule has 1 aliphatic rings. The average molecular weight is 201 g/mol. The maximum atomic E-state index is 3.68. The molecule has 0 aromatic heterocycles. The molecule has 78 valence electrons. The number of hydrogen-bond donors (Lipinski definition) is 1. The van der Waals surface area contributed by atoms with Gasteiger partial charge in [-0.3, -0.25) is 0 Å². The number of rotatable bonds is 4. The molecule has 13 heavy (non-hydrogen) atoms. The van der Waals surface area contributed by atoms with Crippen molar-refractivity contribution in [3.63, 3.8) is 0 Å². The van der Waals surface area contributed by atoms with Gasteiger partial charge in [0, 0.05) is 11.8 Å². The van der Waals surface area contributed by atoms with Gasteiger partial charge in [0.25, 0.3) is 0 Å². The van der Waals surface area contributed by atoms with E-state index in [1.54, 1.807) is 0 Å². The smallest absolute Gasteiger partial charge is 0.0158 e. The highest BCUT2D eigenvalue weighted by atomic mass is 32.2. The molecule has 0 saturated carbocycles. The maximum absolute atomic E-state index is 3.68. The van der Waals surface area contributed by atoms with Crippen LogP contribution in [0.15, 0.2) is 0 Å². The normalized spacial score (nSPS) is 26.3. The molecule has 1 rings (SSSR count). The summed E-state index contributed by atoms with van der Waals surface area (Å²) in [5.41, 5.74) is 0. The summed E-state index contributed by atoms with van der Waals surface area (Å²) in [4.78, 5) is 0. The van der Waals surface area contributed by atoms with Crippen molar-refractivity contribution in [3.05, 3.63) is 0 Å². The third-order valence-electron chi connectivity index (χ3n) is 3.03. The van der Waals surface area contributed by atoms with Crippen LogP contribution in [0.25, 0.3) is 0 Å². The molecule has 0 bridgehead atoms. The van der Waals surface area contributed by atoms with Crippen molar-refractivity contribution >= 4 is 11.8 Å². The second-order valence-corrected chi connectivity index (χ2v) is 5.69. The van der Waals surface area contributed by atoms with Crippen LogP contribution in [0.3, 0.4) is 0 Å². The first-order chi connectivity index (χ1) is 6.20. The molecular weight excluding hydrogens is 178 g/mol. The molecule has 2 atom stereocenters. The lowest BCUT2D eigenvalue weighted by atomic mass is 9.98. The van der Waals surface area contributed by atoms with E-state index < -0.39 is 0 Å². The first-order valence-electron chi connectivity index (χ1n) is 5.51. The lowest BCUT2D eigenvalue weighted by molar-refractivity contribution is 0.367. The van der Waals surface area contributed by atoms with Crippen LogP contribution in [0.4, 0.5) is 0 Å². The maximum Gasteiger partial charge on any atom is 0.0158 e. The fraction of sp³-hybridized carbons (Fsp3) is 1.00. The van der Waals surface area contributed by atoms with Gasteiger partial charge >= 0.3 is 0 Å². The van der Waals surface area contributed by atoms with Crippen LogP contribution in [-0.4, -0.2) is 24.1 Å². The zero-order chi connectivity index (χ0) is 9.68. The van der Waals surface area contributed by atoms with Crippen molar-refractivity contribution in [1.82, 2.24) is 5.32 Å². The summed E-state index contributed by atoms with van der Waals surface area (Å²) in [6.07, 6.45) is 2.79. The van der Waals surface area contributed by atoms with Crippen LogP contribution in [0.1, 0.15) is 33.6 Å². The zero-order valence-electron chi connectivity index (χ0n) is 9.18. The van der Waals surface area contributed by atoms with Crippen molar-refractivity contribution in [2.75, 3.05) is 18.1 Å². The van der Waals surface area contributed by atoms with E-state index in [2.05, 4.69) is 37.8 Å². The molecule has 2 unspecified atom stereocenters. The number of thioether (sulfide) groups is 1. The number of nitrogens with one attached hydrogen (secondary N) is 1. The lowest BCUT2D eigenvalue weighted by Crippen LogP contribution is -2.37. The molecule has 1 aliphatic heterocycles. The third kappa shape index (κ3) is 4.37. The van der Waals surface area contributed by atoms with E-state index in [0.29, 0.717) is 0 Å². The van der Waals surface area contributed by atoms with Crippen molar-refractivity contribution in [2.24, 2.45) is 11.8 Å². The van der Waals surface area contributed by atoms with Crippen molar-refractivity contribution < 1.29 is 0 Å². The van der Waals surface area contributed by atoms with Crippen LogP contribution >= 0.6 is 11.8 Å². The predicted octanol–water partition coefficient (Wildman–Crippen LogP) is 2.76. The summed E-state index contributed by atoms with van der Waals surface area (Å²) in [7, 11) is 0. The minimum atomic E-state index is 0.792. The molecule has 0 aromatic rings. The molecule has 1 N–H and O–H groups in total. The summed E-state index contributed by atoms with van der Waals surface area (Å²) in [6, 6.07) is 0.792. The SMILES string of the molecule is CC(C)C(C)CNC1CCCSC1. The standard InChI is InChI=1S/C11H23NS/c1-9(2)10(3)7-12-11-5-4-6-13-8-11/h9-12H,4-8H2,1-3H3. The lowest BCUT2D eigenvalue weighted by Gasteiger charge is -2.25. The predicted molar refractivity (Wildman–Crippen MR) is 62.4 cm³/mol. The fourth-order valence-electron chi connectivity index (χ4n) is 1.49. The first-order valence-corrected chi connectivity index (χ1v) is 6.66. The van der Waals surface area contributed by atoms with Gasteiger partial charge in [-0.2, -0.15) is 11.8 Å². The van der Waals surface area contributed by atoms with E-state index in [9.17, 15) is 0 Å². The second-order valence-electron chi connectivity index (χ2n) is 4.54. The molecule has 1 saturated heterocycles. The topological polar surface area (TPSA) is 12.0 Å². The van der Waals surface area contributed by atoms with Crippen molar-refractivity contribution in [1.29, 1.82) is 0 Å². The van der Waals surface area contributed by atoms with Crippen molar-refractivity contribution in [2.45, 2.75) is 39.7 Å². The molecule has 2 heteroatoms. The average Bonchev–Trinajstić information content (AvgIpc) is 2.15. The minimum absolute atomic E-state index is 0.792. The fourth-order valence-corrected chi connectivity index (χ4v) is 2.60. The number of hydrogen-bond acceptors (Lipinski definition) is 2. The minimum Gasteiger partial charge on any atom is -0.313 e. The molecular formula is C11H23NS. The third-order valence-corrected chi connectivity index (χ3v) is 4.24. The quantitative estimate of drug-likeness (QED) is 0.750. The van der Waals surface area contributed by atoms with Crippen LogP contribution in [0, 0.1) is 11.8 Å². The monoisotopic (exact) mass is 201 g/mol. The van der Waals surface area contributed by atoms with Crippen LogP contribution in [0.5, 0.6) is 0 Å². The van der Waals surface area contributed by atoms with Gasteiger partial charge in [0.05, 0.1) is 0 Å². The molecule has 1 fully saturated rings. The Morgan fingerprint density at radius 1 is 1.38 bits per heavy atom. The molecule has 1 nitrogen and oxygen atoms in total. The molecule has 0 spiro atoms. The Balaban J connectivity index is 2.10. The van der Waals surface area contributed by atoms with Crippen LogP contribution < -0.4 is 5.32 Å². The highest BCUT2D eigenvalue weighted by Crippen LogP contribution is 2.17. The van der Waals surface area contributed by atoms with Gasteiger partial charge in [-0.15, -0.1) is 0 Å². The van der Waals surface area contributed by atoms with Gasteiger partial charge in [-0.1, -0.05) is 20.8 Å². The Hall–Kier alpha value is 0.310. The van der Waals surface area contributed by atoms with Gasteiger partial charge in [0.2, 0.25) is 0 Å². The molecule has 0 aromatic carbocycles. The van der Waals surface area contributed by atoms with Crippen LogP contribution in [-0.2, 0) is 0 Å². The summed E-state index contributed by atoms with van der Waals surface area (Å²) in [6.45, 7) is 8.15. The van der Waals surface area contributed by atoms with Gasteiger partial charge in [0.15, 0.2) is 0 Å². The summed E-state index contributed by atoms with van der Waals surface area (Å²) in [5.74, 6) is 4.32. The summed E-state index contributed by atoms with van der Waals surface area (Å²) >= 11 is 2.10. The Bertz CT molecular complexity index is 130. The highest BCUT2D eigenvalue weighted by molar-refractivity contribution is 7.99. The second kappa shape index (κ2) is 5.92. The molecule has 1 heterocycles. The van der Waals surface area contributed by atoms with E-state index in [1.165, 1.54) is 30.9 Å². The van der Waals surface area contributed by atoms with E-state index in [-0.39, 0.29) is 0 Å². The van der Waals surface area contributed by atoms with Crippen LogP contribution in [0.2, 0.25) is 0 Å². The first kappa shape index (κ1) is 11.4. The molecule has 0 aliphatic carbocycles. The van der Waals surface area contributed by atoms with E-state index in [0.717, 1.165) is 17.9 Å². The summed E-state index contributed by atoms with van der Waals surface area (Å²) < 4.78 is 0. The van der Waals surface area contributed by atoms with E-state index >= 15 is 0 Å². The Labute approximate surface area is 87.1 Å². The van der Waals surface area contributed by atoms with Crippen molar-refractivity contribution in [3.8, 4) is 0 Å². The van der Waals surface area contributed by atoms with Gasteiger partial charge < -0.3 is 5.32 Å². The highest BCUT2D eigenvalue weighted by Gasteiger charge is 2.14. The Morgan fingerprint density at radius 2 is 2.15 bits per heavy atom. The van der Waals surface area contributed by atoms with Gasteiger partial charge in [-0.25, -0.2) is 0 Å². The Kier molecular flexibility index (Phi) is 5.18. The Morgan fingerprint density at radius 3 is 2.69 bits per heavy atom. The molecule has 0 radical (unpaired) electrons. The van der Waals surface area contributed by atoms with Gasteiger partial charge in [0.1, 0.15) is 0 Å². The zero-order valence-corrected chi connectivity index (χ0v) is 9.99. The van der Waals surface area contributed by atoms with Gasteiger partial charge in [-0.05, 0) is 37.0 Å².